The summed E-state index contributed by atoms with van der Waals surface area (Å²) in [6.45, 7) is 3.43. The fourth-order valence-electron chi connectivity index (χ4n) is 3.26. The Kier molecular flexibility index (Phi) is 9.10. The highest BCUT2D eigenvalue weighted by Crippen LogP contribution is 2.29. The van der Waals surface area contributed by atoms with Gasteiger partial charge >= 0.3 is 0 Å². The summed E-state index contributed by atoms with van der Waals surface area (Å²) in [5.41, 5.74) is 1.01. The largest absolute Gasteiger partial charge is 0.497 e. The molecule has 9 nitrogen and oxygen atoms in total. The Balaban J connectivity index is 2.40. The van der Waals surface area contributed by atoms with Gasteiger partial charge in [-0.15, -0.1) is 0 Å². The summed E-state index contributed by atoms with van der Waals surface area (Å²) in [7, 11) is -0.848. The van der Waals surface area contributed by atoms with E-state index in [9.17, 15) is 18.0 Å². The number of para-hydroxylation sites is 2. The third-order valence-electron chi connectivity index (χ3n) is 5.06. The molecule has 1 atom stereocenters. The van der Waals surface area contributed by atoms with Crippen molar-refractivity contribution in [2.45, 2.75) is 26.4 Å². The molecule has 0 radical (unpaired) electrons. The van der Waals surface area contributed by atoms with Crippen molar-refractivity contribution in [3.8, 4) is 11.5 Å². The summed E-state index contributed by atoms with van der Waals surface area (Å²) in [6.07, 6.45) is 1.02. The van der Waals surface area contributed by atoms with Crippen molar-refractivity contribution in [3.05, 3.63) is 54.1 Å². The predicted molar refractivity (Wildman–Crippen MR) is 127 cm³/mol. The minimum absolute atomic E-state index is 0.116. The van der Waals surface area contributed by atoms with Crippen LogP contribution in [-0.4, -0.2) is 64.7 Å². The number of methoxy groups -OCH3 is 2. The first-order valence-electron chi connectivity index (χ1n) is 10.4. The van der Waals surface area contributed by atoms with Crippen molar-refractivity contribution < 1.29 is 27.5 Å². The Morgan fingerprint density at radius 1 is 1.03 bits per heavy atom. The Bertz CT molecular complexity index is 1060. The Morgan fingerprint density at radius 3 is 2.21 bits per heavy atom. The molecule has 2 aromatic rings. The van der Waals surface area contributed by atoms with Crippen molar-refractivity contribution >= 4 is 27.5 Å². The maximum absolute atomic E-state index is 13.4. The van der Waals surface area contributed by atoms with Crippen LogP contribution in [0.4, 0.5) is 5.69 Å². The van der Waals surface area contributed by atoms with E-state index in [0.29, 0.717) is 18.0 Å². The number of carbonyl (C=O) groups excluding carboxylic acids is 2. The Hall–Kier alpha value is -3.27. The fraction of sp³-hybridized carbons (Fsp3) is 0.391. The second-order valence-electron chi connectivity index (χ2n) is 7.38. The molecule has 0 heterocycles. The van der Waals surface area contributed by atoms with E-state index < -0.39 is 28.5 Å². The average Bonchev–Trinajstić information content (AvgIpc) is 2.80. The molecule has 0 spiro atoms. The van der Waals surface area contributed by atoms with Crippen molar-refractivity contribution in [2.75, 3.05) is 37.9 Å². The number of sulfonamides is 1. The van der Waals surface area contributed by atoms with Crippen LogP contribution in [0.25, 0.3) is 0 Å². The summed E-state index contributed by atoms with van der Waals surface area (Å²) in [6, 6.07) is 12.8. The van der Waals surface area contributed by atoms with Crippen LogP contribution >= 0.6 is 0 Å². The third kappa shape index (κ3) is 6.85. The Labute approximate surface area is 195 Å². The van der Waals surface area contributed by atoms with E-state index in [1.807, 2.05) is 0 Å². The van der Waals surface area contributed by atoms with E-state index >= 15 is 0 Å². The number of nitrogens with zero attached hydrogens (tertiary/aromatic N) is 2. The van der Waals surface area contributed by atoms with Crippen molar-refractivity contribution in [1.82, 2.24) is 10.2 Å². The highest BCUT2D eigenvalue weighted by atomic mass is 32.2. The number of rotatable bonds is 11. The van der Waals surface area contributed by atoms with Gasteiger partial charge in [0, 0.05) is 13.1 Å². The highest BCUT2D eigenvalue weighted by molar-refractivity contribution is 7.92. The molecule has 10 heteroatoms. The first-order valence-corrected chi connectivity index (χ1v) is 12.3. The summed E-state index contributed by atoms with van der Waals surface area (Å²) in [5, 5.41) is 2.71. The van der Waals surface area contributed by atoms with Gasteiger partial charge in [-0.1, -0.05) is 24.3 Å². The SMILES string of the molecule is CCNC(=O)[C@H](C)N(Cc1ccc(OC)cc1)C(=O)CN(c1ccccc1OC)S(C)(=O)=O. The van der Waals surface area contributed by atoms with E-state index in [2.05, 4.69) is 5.32 Å². The molecule has 0 fully saturated rings. The van der Waals surface area contributed by atoms with E-state index in [4.69, 9.17) is 9.47 Å². The van der Waals surface area contributed by atoms with Gasteiger partial charge in [0.25, 0.3) is 0 Å². The molecule has 0 bridgehead atoms. The van der Waals surface area contributed by atoms with E-state index in [1.54, 1.807) is 69.5 Å². The summed E-state index contributed by atoms with van der Waals surface area (Å²) < 4.78 is 36.6. The van der Waals surface area contributed by atoms with Crippen LogP contribution < -0.4 is 19.1 Å². The lowest BCUT2D eigenvalue weighted by Crippen LogP contribution is -2.51. The zero-order chi connectivity index (χ0) is 24.6. The summed E-state index contributed by atoms with van der Waals surface area (Å²) in [5.74, 6) is 0.116. The standard InChI is InChI=1S/C23H31N3O6S/c1-6-24-23(28)17(2)25(15-18-11-13-19(31-3)14-12-18)22(27)16-26(33(5,29)30)20-9-7-8-10-21(20)32-4/h7-14,17H,6,15-16H2,1-5H3,(H,24,28)/t17-/m0/s1. The lowest BCUT2D eigenvalue weighted by molar-refractivity contribution is -0.139. The molecule has 2 amide bonds. The van der Waals surface area contributed by atoms with Gasteiger partial charge in [0.15, 0.2) is 0 Å². The predicted octanol–water partition coefficient (Wildman–Crippen LogP) is 2.02. The zero-order valence-corrected chi connectivity index (χ0v) is 20.4. The van der Waals surface area contributed by atoms with Crippen LogP contribution in [0.5, 0.6) is 11.5 Å². The van der Waals surface area contributed by atoms with Crippen LogP contribution in [0.2, 0.25) is 0 Å². The van der Waals surface area contributed by atoms with Gasteiger partial charge in [0.05, 0.1) is 26.2 Å². The lowest BCUT2D eigenvalue weighted by atomic mass is 10.1. The number of amides is 2. The number of ether oxygens (including phenoxy) is 2. The van der Waals surface area contributed by atoms with Gasteiger partial charge in [-0.25, -0.2) is 8.42 Å². The van der Waals surface area contributed by atoms with Gasteiger partial charge in [0.1, 0.15) is 24.1 Å². The zero-order valence-electron chi connectivity index (χ0n) is 19.6. The van der Waals surface area contributed by atoms with Crippen LogP contribution in [-0.2, 0) is 26.2 Å². The number of hydrogen-bond donors (Lipinski definition) is 1. The van der Waals surface area contributed by atoms with Gasteiger partial charge in [-0.2, -0.15) is 0 Å². The molecule has 0 saturated carbocycles. The fourth-order valence-corrected chi connectivity index (χ4v) is 4.12. The van der Waals surface area contributed by atoms with Crippen molar-refractivity contribution in [1.29, 1.82) is 0 Å². The maximum Gasteiger partial charge on any atom is 0.244 e. The van der Waals surface area contributed by atoms with Gasteiger partial charge in [-0.3, -0.25) is 13.9 Å². The molecular weight excluding hydrogens is 446 g/mol. The van der Waals surface area contributed by atoms with Gasteiger partial charge in [-0.05, 0) is 43.7 Å². The molecule has 0 aliphatic rings. The molecule has 180 valence electrons. The minimum Gasteiger partial charge on any atom is -0.497 e. The van der Waals surface area contributed by atoms with Crippen LogP contribution in [0.3, 0.4) is 0 Å². The molecule has 33 heavy (non-hydrogen) atoms. The molecule has 0 saturated heterocycles. The third-order valence-corrected chi connectivity index (χ3v) is 6.19. The molecule has 2 aromatic carbocycles. The molecule has 1 N–H and O–H groups in total. The van der Waals surface area contributed by atoms with Crippen LogP contribution in [0.15, 0.2) is 48.5 Å². The van der Waals surface area contributed by atoms with E-state index in [-0.39, 0.29) is 18.1 Å². The second kappa shape index (κ2) is 11.6. The van der Waals surface area contributed by atoms with E-state index in [1.165, 1.54) is 12.0 Å². The smallest absolute Gasteiger partial charge is 0.244 e. The van der Waals surface area contributed by atoms with Crippen molar-refractivity contribution in [2.24, 2.45) is 0 Å². The van der Waals surface area contributed by atoms with E-state index in [0.717, 1.165) is 16.1 Å². The molecule has 0 aliphatic carbocycles. The molecular formula is C23H31N3O6S. The number of carbonyl (C=O) groups is 2. The number of benzene rings is 2. The lowest BCUT2D eigenvalue weighted by Gasteiger charge is -2.31. The Morgan fingerprint density at radius 2 is 1.67 bits per heavy atom. The monoisotopic (exact) mass is 477 g/mol. The van der Waals surface area contributed by atoms with Gasteiger partial charge < -0.3 is 19.7 Å². The average molecular weight is 478 g/mol. The van der Waals surface area contributed by atoms with Gasteiger partial charge in [0.2, 0.25) is 21.8 Å². The molecule has 0 aliphatic heterocycles. The minimum atomic E-state index is -3.83. The second-order valence-corrected chi connectivity index (χ2v) is 9.29. The quantitative estimate of drug-likeness (QED) is 0.531. The summed E-state index contributed by atoms with van der Waals surface area (Å²) in [4.78, 5) is 27.3. The molecule has 0 aromatic heterocycles. The number of likely N-dealkylation sites (N-methyl/N-ethyl adjacent to an activating group) is 1. The maximum atomic E-state index is 13.4. The topological polar surface area (TPSA) is 105 Å². The first kappa shape index (κ1) is 26.0. The number of hydrogen-bond acceptors (Lipinski definition) is 6. The van der Waals surface area contributed by atoms with Crippen molar-refractivity contribution in [3.63, 3.8) is 0 Å². The number of nitrogens with one attached hydrogen (secondary N) is 1. The summed E-state index contributed by atoms with van der Waals surface area (Å²) >= 11 is 0. The normalized spacial score (nSPS) is 11.9. The van der Waals surface area contributed by atoms with Crippen LogP contribution in [0, 0.1) is 0 Å². The van der Waals surface area contributed by atoms with Crippen LogP contribution in [0.1, 0.15) is 19.4 Å². The molecule has 0 unspecified atom stereocenters. The number of anilines is 1. The highest BCUT2D eigenvalue weighted by Gasteiger charge is 2.30. The first-order chi connectivity index (χ1) is 15.6. The molecule has 2 rings (SSSR count).